The number of anilines is 1. The van der Waals surface area contributed by atoms with Gasteiger partial charge in [0, 0.05) is 5.69 Å². The van der Waals surface area contributed by atoms with Gasteiger partial charge in [0.2, 0.25) is 0 Å². The first kappa shape index (κ1) is 10.7. The van der Waals surface area contributed by atoms with E-state index in [2.05, 4.69) is 50.2 Å². The zero-order valence-corrected chi connectivity index (χ0v) is 10.0. The molecule has 0 aromatic heterocycles. The summed E-state index contributed by atoms with van der Waals surface area (Å²) >= 11 is 0. The molecule has 0 aliphatic rings. The number of rotatable bonds is 1. The molecule has 16 heavy (non-hydrogen) atoms. The summed E-state index contributed by atoms with van der Waals surface area (Å²) in [5.41, 5.74) is 13.0. The Bertz CT molecular complexity index is 510. The second-order valence-corrected chi connectivity index (χ2v) is 4.39. The third-order valence-electron chi connectivity index (χ3n) is 2.98. The highest BCUT2D eigenvalue weighted by Gasteiger charge is 2.04. The average molecular weight is 211 g/mol. The van der Waals surface area contributed by atoms with E-state index in [-0.39, 0.29) is 0 Å². The molecule has 0 saturated heterocycles. The minimum atomic E-state index is 0.862. The summed E-state index contributed by atoms with van der Waals surface area (Å²) in [4.78, 5) is 0. The monoisotopic (exact) mass is 211 g/mol. The molecule has 82 valence electrons. The molecule has 0 unspecified atom stereocenters. The summed E-state index contributed by atoms with van der Waals surface area (Å²) in [5.74, 6) is 0. The van der Waals surface area contributed by atoms with E-state index in [4.69, 9.17) is 5.73 Å². The Hall–Kier alpha value is -1.76. The first-order chi connectivity index (χ1) is 7.58. The van der Waals surface area contributed by atoms with Crippen molar-refractivity contribution in [2.24, 2.45) is 0 Å². The Morgan fingerprint density at radius 2 is 1.44 bits per heavy atom. The summed E-state index contributed by atoms with van der Waals surface area (Å²) in [6.45, 7) is 6.27. The lowest BCUT2D eigenvalue weighted by molar-refractivity contribution is 1.38. The summed E-state index contributed by atoms with van der Waals surface area (Å²) in [7, 11) is 0. The van der Waals surface area contributed by atoms with Gasteiger partial charge in [-0.15, -0.1) is 0 Å². The van der Waals surface area contributed by atoms with Crippen molar-refractivity contribution in [2.75, 3.05) is 5.73 Å². The molecule has 0 aliphatic heterocycles. The van der Waals surface area contributed by atoms with Gasteiger partial charge in [-0.1, -0.05) is 35.9 Å². The van der Waals surface area contributed by atoms with Gasteiger partial charge in [-0.05, 0) is 49.1 Å². The highest BCUT2D eigenvalue weighted by Crippen LogP contribution is 2.27. The van der Waals surface area contributed by atoms with Crippen LogP contribution in [0.25, 0.3) is 11.1 Å². The van der Waals surface area contributed by atoms with Crippen molar-refractivity contribution in [1.29, 1.82) is 0 Å². The first-order valence-corrected chi connectivity index (χ1v) is 5.51. The molecule has 2 rings (SSSR count). The Labute approximate surface area is 96.9 Å². The minimum Gasteiger partial charge on any atom is -0.398 e. The number of benzene rings is 2. The lowest BCUT2D eigenvalue weighted by Crippen LogP contribution is -1.93. The van der Waals surface area contributed by atoms with Crippen LogP contribution in [0.3, 0.4) is 0 Å². The maximum atomic E-state index is 5.96. The fourth-order valence-corrected chi connectivity index (χ4v) is 1.91. The van der Waals surface area contributed by atoms with Crippen LogP contribution in [0.1, 0.15) is 16.7 Å². The molecule has 0 saturated carbocycles. The third kappa shape index (κ3) is 1.94. The normalized spacial score (nSPS) is 10.4. The Balaban J connectivity index is 2.56. The van der Waals surface area contributed by atoms with Crippen LogP contribution in [-0.4, -0.2) is 0 Å². The Morgan fingerprint density at radius 1 is 0.812 bits per heavy atom. The van der Waals surface area contributed by atoms with Gasteiger partial charge in [0.25, 0.3) is 0 Å². The zero-order chi connectivity index (χ0) is 11.7. The molecule has 2 aromatic rings. The number of nitrogens with two attached hydrogens (primary N) is 1. The SMILES string of the molecule is Cc1ccc(-c2cc(N)c(C)cc2C)cc1. The second-order valence-electron chi connectivity index (χ2n) is 4.39. The van der Waals surface area contributed by atoms with Crippen LogP contribution in [0.5, 0.6) is 0 Å². The zero-order valence-electron chi connectivity index (χ0n) is 10.0. The van der Waals surface area contributed by atoms with E-state index in [9.17, 15) is 0 Å². The predicted molar refractivity (Wildman–Crippen MR) is 70.5 cm³/mol. The minimum absolute atomic E-state index is 0.862. The van der Waals surface area contributed by atoms with Crippen molar-refractivity contribution in [3.05, 3.63) is 53.1 Å². The van der Waals surface area contributed by atoms with Gasteiger partial charge in [-0.2, -0.15) is 0 Å². The maximum absolute atomic E-state index is 5.96. The largest absolute Gasteiger partial charge is 0.398 e. The number of aryl methyl sites for hydroxylation is 3. The van der Waals surface area contributed by atoms with Crippen LogP contribution in [0.2, 0.25) is 0 Å². The predicted octanol–water partition coefficient (Wildman–Crippen LogP) is 3.86. The van der Waals surface area contributed by atoms with Gasteiger partial charge in [0.05, 0.1) is 0 Å². The van der Waals surface area contributed by atoms with Gasteiger partial charge in [-0.3, -0.25) is 0 Å². The molecular weight excluding hydrogens is 194 g/mol. The van der Waals surface area contributed by atoms with E-state index in [0.717, 1.165) is 11.3 Å². The van der Waals surface area contributed by atoms with Crippen molar-refractivity contribution < 1.29 is 0 Å². The highest BCUT2D eigenvalue weighted by atomic mass is 14.6. The van der Waals surface area contributed by atoms with E-state index in [1.165, 1.54) is 22.3 Å². The molecule has 0 amide bonds. The fourth-order valence-electron chi connectivity index (χ4n) is 1.91. The third-order valence-corrected chi connectivity index (χ3v) is 2.98. The molecule has 0 radical (unpaired) electrons. The van der Waals surface area contributed by atoms with Crippen molar-refractivity contribution in [2.45, 2.75) is 20.8 Å². The molecule has 1 nitrogen and oxygen atoms in total. The highest BCUT2D eigenvalue weighted by molar-refractivity contribution is 5.72. The average Bonchev–Trinajstić information content (AvgIpc) is 2.25. The summed E-state index contributed by atoms with van der Waals surface area (Å²) in [5, 5.41) is 0. The smallest absolute Gasteiger partial charge is 0.0350 e. The molecule has 0 atom stereocenters. The number of nitrogen functional groups attached to an aromatic ring is 1. The molecule has 0 spiro atoms. The van der Waals surface area contributed by atoms with Gasteiger partial charge in [0.1, 0.15) is 0 Å². The van der Waals surface area contributed by atoms with Crippen LogP contribution < -0.4 is 5.73 Å². The molecule has 0 fully saturated rings. The van der Waals surface area contributed by atoms with Gasteiger partial charge in [0.15, 0.2) is 0 Å². The van der Waals surface area contributed by atoms with Gasteiger partial charge in [-0.25, -0.2) is 0 Å². The molecule has 2 N–H and O–H groups in total. The molecule has 0 aliphatic carbocycles. The topological polar surface area (TPSA) is 26.0 Å². The van der Waals surface area contributed by atoms with Crippen molar-refractivity contribution in [1.82, 2.24) is 0 Å². The first-order valence-electron chi connectivity index (χ1n) is 5.51. The van der Waals surface area contributed by atoms with Gasteiger partial charge < -0.3 is 5.73 Å². The Kier molecular flexibility index (Phi) is 2.69. The van der Waals surface area contributed by atoms with Crippen molar-refractivity contribution >= 4 is 5.69 Å². The molecule has 1 heteroatoms. The quantitative estimate of drug-likeness (QED) is 0.712. The van der Waals surface area contributed by atoms with Crippen LogP contribution >= 0.6 is 0 Å². The van der Waals surface area contributed by atoms with Crippen LogP contribution in [0.15, 0.2) is 36.4 Å². The van der Waals surface area contributed by atoms with E-state index in [1.54, 1.807) is 0 Å². The van der Waals surface area contributed by atoms with Crippen LogP contribution in [0, 0.1) is 20.8 Å². The fraction of sp³-hybridized carbons (Fsp3) is 0.200. The Morgan fingerprint density at radius 3 is 2.06 bits per heavy atom. The maximum Gasteiger partial charge on any atom is 0.0350 e. The molecular formula is C15H17N. The second kappa shape index (κ2) is 4.01. The summed E-state index contributed by atoms with van der Waals surface area (Å²) < 4.78 is 0. The van der Waals surface area contributed by atoms with Gasteiger partial charge >= 0.3 is 0 Å². The van der Waals surface area contributed by atoms with E-state index in [1.807, 2.05) is 6.92 Å². The lowest BCUT2D eigenvalue weighted by atomic mass is 9.97. The van der Waals surface area contributed by atoms with Crippen molar-refractivity contribution in [3.8, 4) is 11.1 Å². The number of hydrogen-bond donors (Lipinski definition) is 1. The molecule has 2 aromatic carbocycles. The van der Waals surface area contributed by atoms with Crippen molar-refractivity contribution in [3.63, 3.8) is 0 Å². The van der Waals surface area contributed by atoms with E-state index >= 15 is 0 Å². The van der Waals surface area contributed by atoms with E-state index < -0.39 is 0 Å². The van der Waals surface area contributed by atoms with E-state index in [0.29, 0.717) is 0 Å². The standard InChI is InChI=1S/C15H17N/c1-10-4-6-13(7-5-10)14-9-15(16)12(3)8-11(14)2/h4-9H,16H2,1-3H3. The summed E-state index contributed by atoms with van der Waals surface area (Å²) in [6.07, 6.45) is 0. The summed E-state index contributed by atoms with van der Waals surface area (Å²) in [6, 6.07) is 12.8. The molecule has 0 bridgehead atoms. The molecule has 0 heterocycles. The van der Waals surface area contributed by atoms with Crippen LogP contribution in [-0.2, 0) is 0 Å². The van der Waals surface area contributed by atoms with Crippen LogP contribution in [0.4, 0.5) is 5.69 Å². The number of hydrogen-bond acceptors (Lipinski definition) is 1. The lowest BCUT2D eigenvalue weighted by Gasteiger charge is -2.10.